The number of ether oxygens (including phenoxy) is 2. The van der Waals surface area contributed by atoms with Gasteiger partial charge >= 0.3 is 0 Å². The summed E-state index contributed by atoms with van der Waals surface area (Å²) in [6, 6.07) is 10.7. The van der Waals surface area contributed by atoms with Crippen LogP contribution in [-0.2, 0) is 29.6 Å². The minimum Gasteiger partial charge on any atom is -0.497 e. The highest BCUT2D eigenvalue weighted by Crippen LogP contribution is 2.35. The second-order valence-electron chi connectivity index (χ2n) is 5.60. The highest BCUT2D eigenvalue weighted by atomic mass is 32.2. The number of aliphatic hydroxyl groups is 1. The number of methoxy groups -OCH3 is 2. The quantitative estimate of drug-likeness (QED) is 0.870. The zero-order valence-corrected chi connectivity index (χ0v) is 14.4. The second-order valence-corrected chi connectivity index (χ2v) is 7.61. The third-order valence-electron chi connectivity index (χ3n) is 4.16. The number of aliphatic hydroxyl groups excluding tert-OH is 1. The van der Waals surface area contributed by atoms with Crippen LogP contribution in [0.4, 0.5) is 0 Å². The van der Waals surface area contributed by atoms with Crippen LogP contribution in [0.15, 0.2) is 41.3 Å². The summed E-state index contributed by atoms with van der Waals surface area (Å²) in [7, 11) is 0.111. The molecule has 0 amide bonds. The number of fused-ring (bicyclic) bond motifs is 1. The largest absolute Gasteiger partial charge is 0.497 e. The van der Waals surface area contributed by atoms with Gasteiger partial charge in [-0.3, -0.25) is 0 Å². The molecule has 2 N–H and O–H groups in total. The van der Waals surface area contributed by atoms with E-state index in [0.717, 1.165) is 16.7 Å². The summed E-state index contributed by atoms with van der Waals surface area (Å²) in [4.78, 5) is 0.521. The summed E-state index contributed by atoms with van der Waals surface area (Å²) < 4.78 is 33.5. The molecule has 7 heteroatoms. The monoisotopic (exact) mass is 348 g/mol. The van der Waals surface area contributed by atoms with Crippen molar-refractivity contribution in [2.75, 3.05) is 14.2 Å². The lowest BCUT2D eigenvalue weighted by Gasteiger charge is -2.19. The lowest BCUT2D eigenvalue weighted by Crippen LogP contribution is -2.23. The molecular weight excluding hydrogens is 328 g/mol. The standard InChI is InChI=1S/C17H20N2O4S/c1-22-15-5-4-13(16(8-15)23-2)9-19-10-14-7-12(11-20)3-6-17(14)24(19,18)21/h3-8,18,20H,9-11H2,1-2H3. The predicted molar refractivity (Wildman–Crippen MR) is 90.3 cm³/mol. The molecule has 0 saturated heterocycles. The highest BCUT2D eigenvalue weighted by Gasteiger charge is 2.32. The van der Waals surface area contributed by atoms with Gasteiger partial charge in [0.25, 0.3) is 0 Å². The normalized spacial score (nSPS) is 20.0. The van der Waals surface area contributed by atoms with Crippen molar-refractivity contribution in [3.63, 3.8) is 0 Å². The maximum atomic E-state index is 12.9. The van der Waals surface area contributed by atoms with E-state index in [2.05, 4.69) is 0 Å². The molecule has 1 aliphatic heterocycles. The summed E-state index contributed by atoms with van der Waals surface area (Å²) in [6.07, 6.45) is 0. The van der Waals surface area contributed by atoms with Crippen LogP contribution < -0.4 is 9.47 Å². The Morgan fingerprint density at radius 1 is 1.21 bits per heavy atom. The smallest absolute Gasteiger partial charge is 0.138 e. The summed E-state index contributed by atoms with van der Waals surface area (Å²) >= 11 is 0. The zero-order valence-electron chi connectivity index (χ0n) is 13.6. The van der Waals surface area contributed by atoms with Crippen molar-refractivity contribution < 1.29 is 18.8 Å². The molecule has 1 aliphatic rings. The number of benzene rings is 2. The topological polar surface area (TPSA) is 82.9 Å². The molecule has 1 heterocycles. The van der Waals surface area contributed by atoms with Crippen LogP contribution >= 0.6 is 0 Å². The second kappa shape index (κ2) is 6.43. The summed E-state index contributed by atoms with van der Waals surface area (Å²) in [5.41, 5.74) is 2.43. The maximum Gasteiger partial charge on any atom is 0.138 e. The van der Waals surface area contributed by atoms with E-state index in [-0.39, 0.29) is 6.61 Å². The summed E-state index contributed by atoms with van der Waals surface area (Å²) in [5, 5.41) is 9.26. The molecule has 0 aliphatic carbocycles. The van der Waals surface area contributed by atoms with Gasteiger partial charge < -0.3 is 14.6 Å². The molecule has 0 bridgehead atoms. The van der Waals surface area contributed by atoms with Gasteiger partial charge in [-0.15, -0.1) is 0 Å². The molecule has 128 valence electrons. The highest BCUT2D eigenvalue weighted by molar-refractivity contribution is 7.90. The number of hydrogen-bond acceptors (Lipinski definition) is 5. The van der Waals surface area contributed by atoms with E-state index < -0.39 is 9.92 Å². The van der Waals surface area contributed by atoms with Crippen molar-refractivity contribution in [2.45, 2.75) is 24.6 Å². The fraction of sp³-hybridized carbons (Fsp3) is 0.294. The molecule has 3 rings (SSSR count). The molecule has 0 radical (unpaired) electrons. The van der Waals surface area contributed by atoms with Crippen LogP contribution in [-0.4, -0.2) is 27.8 Å². The van der Waals surface area contributed by atoms with E-state index in [9.17, 15) is 9.32 Å². The van der Waals surface area contributed by atoms with Crippen LogP contribution in [0.1, 0.15) is 16.7 Å². The molecule has 0 aromatic heterocycles. The molecule has 1 unspecified atom stereocenters. The third-order valence-corrected chi connectivity index (χ3v) is 6.14. The Morgan fingerprint density at radius 3 is 2.67 bits per heavy atom. The van der Waals surface area contributed by atoms with E-state index >= 15 is 0 Å². The van der Waals surface area contributed by atoms with Crippen molar-refractivity contribution in [2.24, 2.45) is 0 Å². The van der Waals surface area contributed by atoms with Crippen molar-refractivity contribution in [1.82, 2.24) is 4.31 Å². The van der Waals surface area contributed by atoms with E-state index in [1.165, 1.54) is 0 Å². The molecule has 0 saturated carbocycles. The summed E-state index contributed by atoms with van der Waals surface area (Å²) in [6.45, 7) is 0.665. The number of rotatable bonds is 5. The van der Waals surface area contributed by atoms with Gasteiger partial charge in [-0.05, 0) is 23.3 Å². The molecule has 1 atom stereocenters. The van der Waals surface area contributed by atoms with Gasteiger partial charge in [-0.2, -0.15) is 0 Å². The Hall–Kier alpha value is -2.09. The molecule has 2 aromatic rings. The van der Waals surface area contributed by atoms with Crippen molar-refractivity contribution in [1.29, 1.82) is 4.78 Å². The van der Waals surface area contributed by atoms with Gasteiger partial charge in [-0.1, -0.05) is 18.2 Å². The van der Waals surface area contributed by atoms with Gasteiger partial charge in [0, 0.05) is 24.7 Å². The van der Waals surface area contributed by atoms with Crippen LogP contribution in [0.5, 0.6) is 11.5 Å². The van der Waals surface area contributed by atoms with Crippen molar-refractivity contribution in [3.05, 3.63) is 53.1 Å². The Morgan fingerprint density at radius 2 is 2.00 bits per heavy atom. The average molecular weight is 348 g/mol. The first-order valence-electron chi connectivity index (χ1n) is 7.47. The van der Waals surface area contributed by atoms with Crippen LogP contribution in [0.2, 0.25) is 0 Å². The molecule has 6 nitrogen and oxygen atoms in total. The third kappa shape index (κ3) is 2.86. The van der Waals surface area contributed by atoms with E-state index in [1.807, 2.05) is 18.2 Å². The van der Waals surface area contributed by atoms with Crippen LogP contribution in [0.25, 0.3) is 0 Å². The SMILES string of the molecule is COc1ccc(CN2Cc3cc(CO)ccc3S2(=N)=O)c(OC)c1. The van der Waals surface area contributed by atoms with E-state index in [4.69, 9.17) is 14.3 Å². The number of nitrogens with one attached hydrogen (secondary N) is 1. The van der Waals surface area contributed by atoms with Gasteiger partial charge in [0.2, 0.25) is 0 Å². The first kappa shape index (κ1) is 16.8. The van der Waals surface area contributed by atoms with Crippen molar-refractivity contribution in [3.8, 4) is 11.5 Å². The lowest BCUT2D eigenvalue weighted by molar-refractivity contribution is 0.281. The van der Waals surface area contributed by atoms with E-state index in [1.54, 1.807) is 36.7 Å². The van der Waals surface area contributed by atoms with Crippen LogP contribution in [0, 0.1) is 4.78 Å². The Bertz CT molecular complexity index is 865. The number of nitrogens with zero attached hydrogens (tertiary/aromatic N) is 1. The van der Waals surface area contributed by atoms with Crippen LogP contribution in [0.3, 0.4) is 0 Å². The average Bonchev–Trinajstić information content (AvgIpc) is 2.85. The fourth-order valence-electron chi connectivity index (χ4n) is 2.86. The lowest BCUT2D eigenvalue weighted by atomic mass is 10.1. The minimum atomic E-state index is -3.05. The van der Waals surface area contributed by atoms with Gasteiger partial charge in [0.1, 0.15) is 21.4 Å². The number of hydrogen-bond donors (Lipinski definition) is 2. The van der Waals surface area contributed by atoms with Crippen molar-refractivity contribution >= 4 is 9.92 Å². The Balaban J connectivity index is 1.92. The van der Waals surface area contributed by atoms with E-state index in [0.29, 0.717) is 29.5 Å². The molecule has 2 aromatic carbocycles. The first-order chi connectivity index (χ1) is 11.5. The Labute approximate surface area is 141 Å². The first-order valence-corrected chi connectivity index (χ1v) is 8.98. The predicted octanol–water partition coefficient (Wildman–Crippen LogP) is 2.53. The Kier molecular flexibility index (Phi) is 4.49. The van der Waals surface area contributed by atoms with Gasteiger partial charge in [0.05, 0.1) is 25.7 Å². The molecule has 24 heavy (non-hydrogen) atoms. The molecule has 0 spiro atoms. The fourth-order valence-corrected chi connectivity index (χ4v) is 4.52. The molecule has 0 fully saturated rings. The summed E-state index contributed by atoms with van der Waals surface area (Å²) in [5.74, 6) is 1.32. The van der Waals surface area contributed by atoms with Gasteiger partial charge in [-0.25, -0.2) is 13.3 Å². The van der Waals surface area contributed by atoms with Gasteiger partial charge in [0.15, 0.2) is 0 Å². The molecular formula is C17H20N2O4S. The minimum absolute atomic E-state index is 0.0707. The maximum absolute atomic E-state index is 12.9. The zero-order chi connectivity index (χ0) is 17.3.